The minimum Gasteiger partial charge on any atom is -0.392 e. The maximum absolute atomic E-state index is 12.1. The monoisotopic (exact) mass is 326 g/mol. The number of carbonyl (C=O) groups excluding carboxylic acids is 1. The van der Waals surface area contributed by atoms with Crippen LogP contribution in [0.3, 0.4) is 0 Å². The smallest absolute Gasteiger partial charge is 0.328 e. The zero-order valence-corrected chi connectivity index (χ0v) is 13.4. The highest BCUT2D eigenvalue weighted by Crippen LogP contribution is 2.23. The first-order chi connectivity index (χ1) is 10.4. The van der Waals surface area contributed by atoms with Gasteiger partial charge in [0, 0.05) is 6.04 Å². The van der Waals surface area contributed by atoms with E-state index < -0.39 is 16.1 Å². The van der Waals surface area contributed by atoms with Crippen LogP contribution in [0.4, 0.5) is 4.79 Å². The second-order valence-electron chi connectivity index (χ2n) is 5.84. The van der Waals surface area contributed by atoms with Crippen LogP contribution in [0.2, 0.25) is 0 Å². The third kappa shape index (κ3) is 4.45. The molecule has 1 fully saturated rings. The summed E-state index contributed by atoms with van der Waals surface area (Å²) in [4.78, 5) is 11.9. The van der Waals surface area contributed by atoms with Crippen LogP contribution in [0, 0.1) is 5.92 Å². The number of hydrogen-bond acceptors (Lipinski definition) is 4. The van der Waals surface area contributed by atoms with Crippen molar-refractivity contribution < 1.29 is 18.3 Å². The summed E-state index contributed by atoms with van der Waals surface area (Å²) in [5.41, 5.74) is 0.611. The van der Waals surface area contributed by atoms with Crippen molar-refractivity contribution >= 4 is 16.1 Å². The fourth-order valence-electron chi connectivity index (χ4n) is 2.57. The summed E-state index contributed by atoms with van der Waals surface area (Å²) in [5.74, 6) is 0.662. The highest BCUT2D eigenvalue weighted by molar-refractivity contribution is 7.90. The Kier molecular flexibility index (Phi) is 5.42. The summed E-state index contributed by atoms with van der Waals surface area (Å²) >= 11 is 0. The molecule has 22 heavy (non-hydrogen) atoms. The highest BCUT2D eigenvalue weighted by Gasteiger charge is 2.22. The lowest BCUT2D eigenvalue weighted by Gasteiger charge is -2.26. The van der Waals surface area contributed by atoms with Crippen LogP contribution in [0.5, 0.6) is 0 Å². The number of carbonyl (C=O) groups is 1. The molecule has 6 nitrogen and oxygen atoms in total. The van der Waals surface area contributed by atoms with Crippen LogP contribution >= 0.6 is 0 Å². The van der Waals surface area contributed by atoms with Crippen molar-refractivity contribution in [3.8, 4) is 0 Å². The lowest BCUT2D eigenvalue weighted by Crippen LogP contribution is -2.45. The average molecular weight is 326 g/mol. The summed E-state index contributed by atoms with van der Waals surface area (Å²) in [7, 11) is -3.89. The molecule has 0 aromatic heterocycles. The third-order valence-electron chi connectivity index (χ3n) is 3.99. The van der Waals surface area contributed by atoms with Crippen LogP contribution in [0.25, 0.3) is 0 Å². The van der Waals surface area contributed by atoms with Gasteiger partial charge in [0.1, 0.15) is 0 Å². The molecule has 0 radical (unpaired) electrons. The van der Waals surface area contributed by atoms with Crippen LogP contribution in [-0.2, 0) is 16.6 Å². The van der Waals surface area contributed by atoms with E-state index in [1.807, 2.05) is 4.72 Å². The molecule has 1 aliphatic rings. The van der Waals surface area contributed by atoms with Crippen LogP contribution < -0.4 is 10.0 Å². The number of urea groups is 1. The molecule has 2 rings (SSSR count). The topological polar surface area (TPSA) is 95.5 Å². The molecule has 0 atom stereocenters. The van der Waals surface area contributed by atoms with Gasteiger partial charge >= 0.3 is 6.03 Å². The van der Waals surface area contributed by atoms with E-state index in [0.29, 0.717) is 11.5 Å². The number of aliphatic hydroxyl groups is 1. The molecule has 7 heteroatoms. The average Bonchev–Trinajstić information content (AvgIpc) is 2.49. The molecule has 0 bridgehead atoms. The molecule has 1 aromatic carbocycles. The van der Waals surface area contributed by atoms with E-state index in [2.05, 4.69) is 12.2 Å². The summed E-state index contributed by atoms with van der Waals surface area (Å²) < 4.78 is 26.2. The van der Waals surface area contributed by atoms with Crippen molar-refractivity contribution in [2.24, 2.45) is 5.92 Å². The minimum atomic E-state index is -3.89. The quantitative estimate of drug-likeness (QED) is 0.785. The van der Waals surface area contributed by atoms with Crippen molar-refractivity contribution in [3.05, 3.63) is 29.8 Å². The van der Waals surface area contributed by atoms with Crippen LogP contribution in [-0.4, -0.2) is 25.6 Å². The second kappa shape index (κ2) is 7.11. The predicted molar refractivity (Wildman–Crippen MR) is 82.6 cm³/mol. The molecule has 0 saturated heterocycles. The number of rotatable bonds is 4. The fourth-order valence-corrected chi connectivity index (χ4v) is 3.49. The van der Waals surface area contributed by atoms with Crippen molar-refractivity contribution in [2.75, 3.05) is 0 Å². The lowest BCUT2D eigenvalue weighted by molar-refractivity contribution is 0.233. The molecule has 2 amide bonds. The predicted octanol–water partition coefficient (Wildman–Crippen LogP) is 1.75. The standard InChI is InChI=1S/C15H22N2O4S/c1-11-2-6-13(7-3-11)16-15(19)17-22(20,21)14-8-4-12(10-18)5-9-14/h4-5,8-9,11,13,18H,2-3,6-7,10H2,1H3,(H2,16,17,19). The van der Waals surface area contributed by atoms with Gasteiger partial charge in [-0.15, -0.1) is 0 Å². The van der Waals surface area contributed by atoms with Gasteiger partial charge in [-0.05, 0) is 49.3 Å². The molecule has 0 unspecified atom stereocenters. The minimum absolute atomic E-state index is 0.00267. The Labute approximate surface area is 131 Å². The summed E-state index contributed by atoms with van der Waals surface area (Å²) in [6.07, 6.45) is 3.83. The van der Waals surface area contributed by atoms with E-state index in [4.69, 9.17) is 5.11 Å². The largest absolute Gasteiger partial charge is 0.392 e. The lowest BCUT2D eigenvalue weighted by atomic mass is 9.87. The molecule has 0 heterocycles. The summed E-state index contributed by atoms with van der Waals surface area (Å²) in [5, 5.41) is 11.7. The van der Waals surface area contributed by atoms with E-state index in [0.717, 1.165) is 25.7 Å². The van der Waals surface area contributed by atoms with Crippen LogP contribution in [0.15, 0.2) is 29.2 Å². The Morgan fingerprint density at radius 1 is 1.18 bits per heavy atom. The number of sulfonamides is 1. The normalized spacial score (nSPS) is 22.1. The fraction of sp³-hybridized carbons (Fsp3) is 0.533. The zero-order chi connectivity index (χ0) is 16.2. The van der Waals surface area contributed by atoms with Gasteiger partial charge in [-0.3, -0.25) is 0 Å². The Balaban J connectivity index is 1.94. The van der Waals surface area contributed by atoms with Gasteiger partial charge in [-0.2, -0.15) is 0 Å². The maximum atomic E-state index is 12.1. The zero-order valence-electron chi connectivity index (χ0n) is 12.6. The molecule has 122 valence electrons. The van der Waals surface area contributed by atoms with Gasteiger partial charge in [0.05, 0.1) is 11.5 Å². The molecule has 3 N–H and O–H groups in total. The Morgan fingerprint density at radius 3 is 2.32 bits per heavy atom. The number of benzene rings is 1. The van der Waals surface area contributed by atoms with Gasteiger partial charge < -0.3 is 10.4 Å². The van der Waals surface area contributed by atoms with Gasteiger partial charge in [-0.1, -0.05) is 19.1 Å². The first-order valence-electron chi connectivity index (χ1n) is 7.44. The maximum Gasteiger partial charge on any atom is 0.328 e. The Bertz CT molecular complexity index is 605. The summed E-state index contributed by atoms with van der Waals surface area (Å²) in [6.45, 7) is 2.02. The van der Waals surface area contributed by atoms with Crippen molar-refractivity contribution in [1.82, 2.24) is 10.0 Å². The molecule has 1 aromatic rings. The van der Waals surface area contributed by atoms with Gasteiger partial charge in [0.2, 0.25) is 0 Å². The van der Waals surface area contributed by atoms with E-state index in [1.54, 1.807) is 0 Å². The molecule has 1 aliphatic carbocycles. The Hall–Kier alpha value is -1.60. The number of aliphatic hydroxyl groups excluding tert-OH is 1. The molecule has 0 spiro atoms. The van der Waals surface area contributed by atoms with Crippen molar-refractivity contribution in [3.63, 3.8) is 0 Å². The first kappa shape index (κ1) is 16.8. The van der Waals surface area contributed by atoms with E-state index in [-0.39, 0.29) is 17.5 Å². The molecule has 0 aliphatic heterocycles. The Morgan fingerprint density at radius 2 is 1.77 bits per heavy atom. The highest BCUT2D eigenvalue weighted by atomic mass is 32.2. The number of hydrogen-bond donors (Lipinski definition) is 3. The van der Waals surface area contributed by atoms with Crippen molar-refractivity contribution in [1.29, 1.82) is 0 Å². The van der Waals surface area contributed by atoms with E-state index in [1.165, 1.54) is 24.3 Å². The SMILES string of the molecule is CC1CCC(NC(=O)NS(=O)(=O)c2ccc(CO)cc2)CC1. The van der Waals surface area contributed by atoms with Gasteiger partial charge in [0.15, 0.2) is 0 Å². The van der Waals surface area contributed by atoms with Gasteiger partial charge in [0.25, 0.3) is 10.0 Å². The molecular weight excluding hydrogens is 304 g/mol. The van der Waals surface area contributed by atoms with E-state index in [9.17, 15) is 13.2 Å². The molecular formula is C15H22N2O4S. The van der Waals surface area contributed by atoms with Gasteiger partial charge in [-0.25, -0.2) is 17.9 Å². The first-order valence-corrected chi connectivity index (χ1v) is 8.92. The molecule has 1 saturated carbocycles. The van der Waals surface area contributed by atoms with Crippen LogP contribution in [0.1, 0.15) is 38.2 Å². The number of nitrogens with one attached hydrogen (secondary N) is 2. The third-order valence-corrected chi connectivity index (χ3v) is 5.34. The summed E-state index contributed by atoms with van der Waals surface area (Å²) in [6, 6.07) is 5.09. The number of amides is 2. The van der Waals surface area contributed by atoms with Crippen molar-refractivity contribution in [2.45, 2.75) is 50.2 Å². The second-order valence-corrected chi connectivity index (χ2v) is 7.52. The van der Waals surface area contributed by atoms with E-state index >= 15 is 0 Å².